The van der Waals surface area contributed by atoms with Crippen LogP contribution in [0.25, 0.3) is 11.0 Å². The molecule has 2 aromatic rings. The van der Waals surface area contributed by atoms with Gasteiger partial charge in [-0.1, -0.05) is 12.2 Å². The summed E-state index contributed by atoms with van der Waals surface area (Å²) < 4.78 is 74.0. The van der Waals surface area contributed by atoms with Gasteiger partial charge in [-0.05, 0) is 43.5 Å². The Morgan fingerprint density at radius 1 is 1.32 bits per heavy atom. The molecule has 0 amide bonds. The number of allylic oxidation sites excluding steroid dienone is 6. The number of hydrogen-bond acceptors (Lipinski definition) is 5. The number of carbonyl (C=O) groups is 1. The Morgan fingerprint density at radius 3 is 2.68 bits per heavy atom. The van der Waals surface area contributed by atoms with Crippen LogP contribution in [0.1, 0.15) is 37.3 Å². The van der Waals surface area contributed by atoms with Gasteiger partial charge < -0.3 is 9.67 Å². The van der Waals surface area contributed by atoms with Gasteiger partial charge >= 0.3 is 12.1 Å². The molecule has 1 aliphatic carbocycles. The summed E-state index contributed by atoms with van der Waals surface area (Å²) in [5.74, 6) is -0.923. The van der Waals surface area contributed by atoms with Crippen molar-refractivity contribution < 1.29 is 35.4 Å². The van der Waals surface area contributed by atoms with Crippen LogP contribution >= 0.6 is 12.1 Å². The number of aromatic nitrogens is 2. The number of halogens is 4. The maximum absolute atomic E-state index is 12.1. The molecule has 12 heteroatoms. The van der Waals surface area contributed by atoms with Crippen molar-refractivity contribution in [3.63, 3.8) is 0 Å². The molecule has 0 spiro atoms. The Morgan fingerprint density at radius 2 is 2.06 bits per heavy atom. The molecule has 0 aromatic carbocycles. The highest BCUT2D eigenvalue weighted by Crippen LogP contribution is 2.36. The van der Waals surface area contributed by atoms with Crippen LogP contribution in [0.4, 0.5) is 17.1 Å². The summed E-state index contributed by atoms with van der Waals surface area (Å²) >= 11 is -0.0303. The molecule has 6 nitrogen and oxygen atoms in total. The van der Waals surface area contributed by atoms with Gasteiger partial charge in [-0.25, -0.2) is 13.4 Å². The van der Waals surface area contributed by atoms with Crippen LogP contribution in [0.15, 0.2) is 58.0 Å². The predicted octanol–water partition coefficient (Wildman–Crippen LogP) is 5.73. The van der Waals surface area contributed by atoms with Crippen molar-refractivity contribution in [2.75, 3.05) is 6.26 Å². The van der Waals surface area contributed by atoms with E-state index in [1.54, 1.807) is 6.07 Å². The Labute approximate surface area is 198 Å². The molecule has 1 N–H and O–H groups in total. The van der Waals surface area contributed by atoms with Crippen molar-refractivity contribution >= 4 is 39.0 Å². The Kier molecular flexibility index (Phi) is 7.91. The van der Waals surface area contributed by atoms with Crippen molar-refractivity contribution in [2.45, 2.75) is 49.2 Å². The minimum Gasteiger partial charge on any atom is -0.481 e. The largest absolute Gasteiger partial charge is 0.481 e. The van der Waals surface area contributed by atoms with Crippen LogP contribution < -0.4 is 0 Å². The summed E-state index contributed by atoms with van der Waals surface area (Å²) in [7, 11) is -3.34. The minimum atomic E-state index is -4.36. The van der Waals surface area contributed by atoms with E-state index in [1.165, 1.54) is 24.6 Å². The Balaban J connectivity index is 0.000000215. The first-order chi connectivity index (χ1) is 15.9. The van der Waals surface area contributed by atoms with Crippen LogP contribution in [0.3, 0.4) is 0 Å². The molecule has 1 unspecified atom stereocenters. The van der Waals surface area contributed by atoms with Crippen LogP contribution in [0.2, 0.25) is 0 Å². The summed E-state index contributed by atoms with van der Waals surface area (Å²) in [5.41, 5.74) is 0.752. The first-order valence-corrected chi connectivity index (χ1v) is 12.9. The average molecular weight is 519 g/mol. The van der Waals surface area contributed by atoms with E-state index in [9.17, 15) is 30.3 Å². The molecule has 0 radical (unpaired) electrons. The molecular formula is C22H22F4N2O4S2. The quantitative estimate of drug-likeness (QED) is 0.520. The van der Waals surface area contributed by atoms with E-state index in [0.717, 1.165) is 43.3 Å². The number of hydrogen-bond donors (Lipinski definition) is 1. The second kappa shape index (κ2) is 10.3. The van der Waals surface area contributed by atoms with E-state index >= 15 is 0 Å². The predicted molar refractivity (Wildman–Crippen MR) is 122 cm³/mol. The van der Waals surface area contributed by atoms with Crippen molar-refractivity contribution in [1.82, 2.24) is 9.55 Å². The lowest BCUT2D eigenvalue weighted by atomic mass is 9.93. The van der Waals surface area contributed by atoms with Crippen LogP contribution in [0, 0.1) is 0 Å². The summed E-state index contributed by atoms with van der Waals surface area (Å²) in [6, 6.07) is 3.29. The van der Waals surface area contributed by atoms with Gasteiger partial charge in [-0.2, -0.15) is 17.1 Å². The van der Waals surface area contributed by atoms with Crippen LogP contribution in [0.5, 0.6) is 0 Å². The van der Waals surface area contributed by atoms with Gasteiger partial charge in [-0.15, -0.1) is 0 Å². The molecule has 4 rings (SSSR count). The number of carboxylic acids is 1. The normalized spacial score (nSPS) is 18.3. The molecule has 2 aromatic heterocycles. The maximum atomic E-state index is 12.1. The highest BCUT2D eigenvalue weighted by molar-refractivity contribution is 7.98. The molecule has 0 bridgehead atoms. The van der Waals surface area contributed by atoms with Gasteiger partial charge in [0.05, 0.1) is 29.0 Å². The third kappa shape index (κ3) is 6.09. The highest BCUT2D eigenvalue weighted by Gasteiger charge is 2.31. The third-order valence-electron chi connectivity index (χ3n) is 5.45. The van der Waals surface area contributed by atoms with E-state index < -0.39 is 27.6 Å². The molecule has 184 valence electrons. The molecular weight excluding hydrogens is 496 g/mol. The fraction of sp³-hybridized carbons (Fsp3) is 0.364. The smallest absolute Gasteiger partial charge is 0.416 e. The average Bonchev–Trinajstić information content (AvgIpc) is 2.95. The first-order valence-electron chi connectivity index (χ1n) is 10.2. The molecule has 2 aliphatic rings. The summed E-state index contributed by atoms with van der Waals surface area (Å²) in [6.07, 6.45) is 4.53. The van der Waals surface area contributed by atoms with Gasteiger partial charge in [0.15, 0.2) is 9.84 Å². The number of carboxylic acid groups (broad SMARTS) is 1. The Bertz CT molecular complexity index is 1280. The zero-order valence-corrected chi connectivity index (χ0v) is 19.7. The summed E-state index contributed by atoms with van der Waals surface area (Å²) in [4.78, 5) is 15.8. The van der Waals surface area contributed by atoms with E-state index in [1.807, 2.05) is 4.57 Å². The number of alkyl halides is 3. The molecule has 3 heterocycles. The van der Waals surface area contributed by atoms with Crippen LogP contribution in [-0.4, -0.2) is 41.5 Å². The fourth-order valence-electron chi connectivity index (χ4n) is 3.96. The maximum Gasteiger partial charge on any atom is 0.416 e. The number of sulfone groups is 1. The van der Waals surface area contributed by atoms with Crippen LogP contribution in [-0.2, 0) is 21.2 Å². The van der Waals surface area contributed by atoms with Gasteiger partial charge in [0.1, 0.15) is 5.65 Å². The Hall–Kier alpha value is -2.60. The third-order valence-corrected chi connectivity index (χ3v) is 7.11. The zero-order valence-electron chi connectivity index (χ0n) is 18.0. The lowest BCUT2D eigenvalue weighted by molar-refractivity contribution is -0.137. The molecule has 34 heavy (non-hydrogen) atoms. The summed E-state index contributed by atoms with van der Waals surface area (Å²) in [6.45, 7) is 0.745. The molecule has 0 saturated heterocycles. The van der Waals surface area contributed by atoms with E-state index in [0.29, 0.717) is 11.0 Å². The lowest BCUT2D eigenvalue weighted by Gasteiger charge is -2.23. The van der Waals surface area contributed by atoms with Crippen molar-refractivity contribution in [3.05, 3.63) is 58.8 Å². The molecule has 0 saturated carbocycles. The lowest BCUT2D eigenvalue weighted by Crippen LogP contribution is -2.17. The van der Waals surface area contributed by atoms with Gasteiger partial charge in [0, 0.05) is 40.9 Å². The number of aliphatic carboxylic acids is 1. The molecule has 0 fully saturated rings. The van der Waals surface area contributed by atoms with E-state index in [2.05, 4.69) is 4.98 Å². The van der Waals surface area contributed by atoms with E-state index in [4.69, 9.17) is 5.11 Å². The van der Waals surface area contributed by atoms with Gasteiger partial charge in [0.2, 0.25) is 0 Å². The molecule has 1 aliphatic heterocycles. The minimum absolute atomic E-state index is 0.0303. The van der Waals surface area contributed by atoms with Crippen molar-refractivity contribution in [1.29, 1.82) is 0 Å². The second-order valence-electron chi connectivity index (χ2n) is 7.91. The summed E-state index contributed by atoms with van der Waals surface area (Å²) in [5, 5.41) is 9.62. The number of fused-ring (bicyclic) bond motifs is 3. The van der Waals surface area contributed by atoms with Gasteiger partial charge in [0.25, 0.3) is 0 Å². The number of nitrogens with zero attached hydrogens (tertiary/aromatic N) is 2. The monoisotopic (exact) mass is 518 g/mol. The van der Waals surface area contributed by atoms with Crippen molar-refractivity contribution in [2.24, 2.45) is 0 Å². The SMILES string of the molecule is CS(=O)(=O)c1ccnc2c1cc1n2CCCC1CC(=O)O.FSC1=CC=C(C(F)(F)F)C=CC1. The topological polar surface area (TPSA) is 89.3 Å². The van der Waals surface area contributed by atoms with E-state index in [-0.39, 0.29) is 40.7 Å². The zero-order chi connectivity index (χ0) is 25.1. The fourth-order valence-corrected chi connectivity index (χ4v) is 5.09. The highest BCUT2D eigenvalue weighted by atomic mass is 32.2. The standard InChI is InChI=1S/C14H16N2O4S.C8H6F4S/c1-21(19,20)12-4-5-15-14-10(12)8-11-9(7-13(17)18)3-2-6-16(11)14;9-8(10,11)6-2-1-3-7(13-12)5-4-6/h4-5,8-9H,2-3,6-7H2,1H3,(H,17,18);1-2,4-5H,3H2. The number of aryl methyl sites for hydroxylation is 1. The second-order valence-corrected chi connectivity index (χ2v) is 10.6. The molecule has 1 atom stereocenters. The number of rotatable bonds is 4. The van der Waals surface area contributed by atoms with Crippen molar-refractivity contribution in [3.8, 4) is 0 Å². The number of pyridine rings is 1. The first kappa shape index (κ1) is 26.0. The van der Waals surface area contributed by atoms with Gasteiger partial charge in [-0.3, -0.25) is 4.79 Å².